The van der Waals surface area contributed by atoms with Gasteiger partial charge in [-0.2, -0.15) is 0 Å². The SMILES string of the molecule is CCOc1cccc(Nc2c(F)cccc2F)c1N. The summed E-state index contributed by atoms with van der Waals surface area (Å²) in [5.74, 6) is -0.883. The molecule has 0 fully saturated rings. The summed E-state index contributed by atoms with van der Waals surface area (Å²) in [5.41, 5.74) is 6.36. The molecule has 2 rings (SSSR count). The molecular formula is C14H14F2N2O. The lowest BCUT2D eigenvalue weighted by molar-refractivity contribution is 0.342. The van der Waals surface area contributed by atoms with Gasteiger partial charge in [0.25, 0.3) is 0 Å². The third-order valence-electron chi connectivity index (χ3n) is 2.59. The van der Waals surface area contributed by atoms with Gasteiger partial charge in [-0.15, -0.1) is 0 Å². The van der Waals surface area contributed by atoms with Crippen molar-refractivity contribution in [3.05, 3.63) is 48.0 Å². The van der Waals surface area contributed by atoms with Crippen LogP contribution in [-0.2, 0) is 0 Å². The maximum absolute atomic E-state index is 13.5. The Morgan fingerprint density at radius 2 is 1.74 bits per heavy atom. The molecule has 2 aromatic rings. The van der Waals surface area contributed by atoms with E-state index in [4.69, 9.17) is 10.5 Å². The fourth-order valence-electron chi connectivity index (χ4n) is 1.69. The lowest BCUT2D eigenvalue weighted by Crippen LogP contribution is -2.03. The molecule has 0 radical (unpaired) electrons. The maximum atomic E-state index is 13.5. The molecule has 0 aliphatic rings. The van der Waals surface area contributed by atoms with Gasteiger partial charge >= 0.3 is 0 Å². The first-order chi connectivity index (χ1) is 9.13. The standard InChI is InChI=1S/C14H14F2N2O/c1-2-19-12-8-4-7-11(13(12)17)18-14-9(15)5-3-6-10(14)16/h3-8,18H,2,17H2,1H3. The highest BCUT2D eigenvalue weighted by Gasteiger charge is 2.11. The first-order valence-corrected chi connectivity index (χ1v) is 5.85. The van der Waals surface area contributed by atoms with Gasteiger partial charge < -0.3 is 15.8 Å². The van der Waals surface area contributed by atoms with Crippen molar-refractivity contribution in [3.8, 4) is 5.75 Å². The number of para-hydroxylation sites is 2. The number of nitrogens with one attached hydrogen (secondary N) is 1. The Bertz CT molecular complexity index is 567. The molecule has 19 heavy (non-hydrogen) atoms. The second kappa shape index (κ2) is 5.56. The van der Waals surface area contributed by atoms with Gasteiger partial charge in [0.2, 0.25) is 0 Å². The number of hydrogen-bond donors (Lipinski definition) is 2. The maximum Gasteiger partial charge on any atom is 0.149 e. The summed E-state index contributed by atoms with van der Waals surface area (Å²) in [6, 6.07) is 8.67. The fraction of sp³-hybridized carbons (Fsp3) is 0.143. The van der Waals surface area contributed by atoms with E-state index in [1.165, 1.54) is 18.2 Å². The van der Waals surface area contributed by atoms with Gasteiger partial charge in [-0.1, -0.05) is 12.1 Å². The van der Waals surface area contributed by atoms with Crippen molar-refractivity contribution in [2.24, 2.45) is 0 Å². The Morgan fingerprint density at radius 3 is 2.37 bits per heavy atom. The minimum absolute atomic E-state index is 0.233. The largest absolute Gasteiger partial charge is 0.492 e. The molecule has 0 atom stereocenters. The number of halogens is 2. The average Bonchev–Trinajstić information content (AvgIpc) is 2.38. The zero-order chi connectivity index (χ0) is 13.8. The highest BCUT2D eigenvalue weighted by molar-refractivity contribution is 5.77. The third-order valence-corrected chi connectivity index (χ3v) is 2.59. The first kappa shape index (κ1) is 13.1. The van der Waals surface area contributed by atoms with E-state index in [2.05, 4.69) is 5.32 Å². The topological polar surface area (TPSA) is 47.3 Å². The summed E-state index contributed by atoms with van der Waals surface area (Å²) in [6.45, 7) is 2.29. The normalized spacial score (nSPS) is 10.3. The molecule has 0 saturated heterocycles. The number of hydrogen-bond acceptors (Lipinski definition) is 3. The molecule has 0 unspecified atom stereocenters. The van der Waals surface area contributed by atoms with Crippen molar-refractivity contribution >= 4 is 17.1 Å². The molecule has 2 aromatic carbocycles. The van der Waals surface area contributed by atoms with Crippen LogP contribution in [0.1, 0.15) is 6.92 Å². The molecule has 3 nitrogen and oxygen atoms in total. The molecule has 100 valence electrons. The highest BCUT2D eigenvalue weighted by Crippen LogP contribution is 2.33. The molecule has 0 aromatic heterocycles. The van der Waals surface area contributed by atoms with Crippen LogP contribution in [0.25, 0.3) is 0 Å². The minimum atomic E-state index is -0.679. The Hall–Kier alpha value is -2.30. The van der Waals surface area contributed by atoms with E-state index in [1.807, 2.05) is 6.92 Å². The Morgan fingerprint density at radius 1 is 1.11 bits per heavy atom. The molecule has 0 heterocycles. The van der Waals surface area contributed by atoms with Crippen molar-refractivity contribution in [2.75, 3.05) is 17.7 Å². The second-order valence-electron chi connectivity index (χ2n) is 3.87. The zero-order valence-corrected chi connectivity index (χ0v) is 10.4. The van der Waals surface area contributed by atoms with Gasteiger partial charge in [-0.3, -0.25) is 0 Å². The third kappa shape index (κ3) is 2.76. The van der Waals surface area contributed by atoms with Crippen LogP contribution in [0.5, 0.6) is 5.75 Å². The van der Waals surface area contributed by atoms with Crippen LogP contribution in [-0.4, -0.2) is 6.61 Å². The van der Waals surface area contributed by atoms with Crippen molar-refractivity contribution in [1.29, 1.82) is 0 Å². The van der Waals surface area contributed by atoms with E-state index in [-0.39, 0.29) is 5.69 Å². The lowest BCUT2D eigenvalue weighted by atomic mass is 10.2. The van der Waals surface area contributed by atoms with Gasteiger partial charge in [0.1, 0.15) is 23.1 Å². The molecule has 3 N–H and O–H groups in total. The summed E-state index contributed by atoms with van der Waals surface area (Å²) >= 11 is 0. The number of anilines is 3. The van der Waals surface area contributed by atoms with Crippen molar-refractivity contribution in [1.82, 2.24) is 0 Å². The van der Waals surface area contributed by atoms with Gasteiger partial charge in [-0.05, 0) is 31.2 Å². The van der Waals surface area contributed by atoms with Crippen LogP contribution in [0.2, 0.25) is 0 Å². The molecule has 0 spiro atoms. The van der Waals surface area contributed by atoms with E-state index >= 15 is 0 Å². The summed E-state index contributed by atoms with van der Waals surface area (Å²) < 4.78 is 32.4. The summed E-state index contributed by atoms with van der Waals surface area (Å²) in [5, 5.41) is 2.65. The molecule has 0 aliphatic heterocycles. The highest BCUT2D eigenvalue weighted by atomic mass is 19.1. The molecule has 0 saturated carbocycles. The summed E-state index contributed by atoms with van der Waals surface area (Å²) in [4.78, 5) is 0. The predicted molar refractivity (Wildman–Crippen MR) is 71.7 cm³/mol. The van der Waals surface area contributed by atoms with E-state index < -0.39 is 11.6 Å². The Labute approximate surface area is 110 Å². The number of rotatable bonds is 4. The zero-order valence-electron chi connectivity index (χ0n) is 10.4. The van der Waals surface area contributed by atoms with Gasteiger partial charge in [0.15, 0.2) is 0 Å². The lowest BCUT2D eigenvalue weighted by Gasteiger charge is -2.14. The monoisotopic (exact) mass is 264 g/mol. The predicted octanol–water partition coefficient (Wildman–Crippen LogP) is 3.69. The van der Waals surface area contributed by atoms with Crippen LogP contribution in [0.3, 0.4) is 0 Å². The number of ether oxygens (including phenoxy) is 1. The smallest absolute Gasteiger partial charge is 0.149 e. The van der Waals surface area contributed by atoms with Crippen molar-refractivity contribution in [3.63, 3.8) is 0 Å². The van der Waals surface area contributed by atoms with Crippen LogP contribution >= 0.6 is 0 Å². The van der Waals surface area contributed by atoms with E-state index in [0.29, 0.717) is 23.7 Å². The van der Waals surface area contributed by atoms with E-state index in [1.54, 1.807) is 18.2 Å². The number of benzene rings is 2. The number of nitrogens with two attached hydrogens (primary N) is 1. The minimum Gasteiger partial charge on any atom is -0.492 e. The van der Waals surface area contributed by atoms with E-state index in [0.717, 1.165) is 0 Å². The molecular weight excluding hydrogens is 250 g/mol. The van der Waals surface area contributed by atoms with Crippen LogP contribution in [0, 0.1) is 11.6 Å². The van der Waals surface area contributed by atoms with Crippen LogP contribution < -0.4 is 15.8 Å². The van der Waals surface area contributed by atoms with Crippen molar-refractivity contribution in [2.45, 2.75) is 6.92 Å². The summed E-state index contributed by atoms with van der Waals surface area (Å²) in [7, 11) is 0. The average molecular weight is 264 g/mol. The van der Waals surface area contributed by atoms with Gasteiger partial charge in [0, 0.05) is 0 Å². The van der Waals surface area contributed by atoms with Crippen LogP contribution in [0.15, 0.2) is 36.4 Å². The molecule has 0 aliphatic carbocycles. The van der Waals surface area contributed by atoms with Crippen molar-refractivity contribution < 1.29 is 13.5 Å². The van der Waals surface area contributed by atoms with Gasteiger partial charge in [-0.25, -0.2) is 8.78 Å². The quantitative estimate of drug-likeness (QED) is 0.828. The second-order valence-corrected chi connectivity index (χ2v) is 3.87. The molecule has 5 heteroatoms. The Kier molecular flexibility index (Phi) is 3.85. The molecule has 0 amide bonds. The fourth-order valence-corrected chi connectivity index (χ4v) is 1.69. The Balaban J connectivity index is 2.36. The van der Waals surface area contributed by atoms with Crippen LogP contribution in [0.4, 0.5) is 25.8 Å². The first-order valence-electron chi connectivity index (χ1n) is 5.85. The van der Waals surface area contributed by atoms with Gasteiger partial charge in [0.05, 0.1) is 18.0 Å². The summed E-state index contributed by atoms with van der Waals surface area (Å²) in [6.07, 6.45) is 0. The molecule has 0 bridgehead atoms. The number of nitrogen functional groups attached to an aromatic ring is 1. The van der Waals surface area contributed by atoms with E-state index in [9.17, 15) is 8.78 Å².